The highest BCUT2D eigenvalue weighted by molar-refractivity contribution is 4.96. The Bertz CT molecular complexity index is 137. The van der Waals surface area contributed by atoms with Crippen molar-refractivity contribution in [2.75, 3.05) is 26.2 Å². The zero-order valence-electron chi connectivity index (χ0n) is 9.56. The van der Waals surface area contributed by atoms with E-state index in [0.29, 0.717) is 0 Å². The second-order valence-electron chi connectivity index (χ2n) is 3.12. The Balaban J connectivity index is 3.53. The average Bonchev–Trinajstić information content (AvgIpc) is 2.19. The van der Waals surface area contributed by atoms with Crippen LogP contribution in [0.4, 0.5) is 0 Å². The van der Waals surface area contributed by atoms with Gasteiger partial charge in [-0.1, -0.05) is 26.8 Å². The maximum absolute atomic E-state index is 3.44. The van der Waals surface area contributed by atoms with Gasteiger partial charge in [-0.2, -0.15) is 0 Å². The van der Waals surface area contributed by atoms with Crippen LogP contribution in [0, 0.1) is 0 Å². The molecule has 2 heteroatoms. The van der Waals surface area contributed by atoms with Crippen LogP contribution >= 0.6 is 0 Å². The molecule has 0 aromatic heterocycles. The average molecular weight is 184 g/mol. The minimum Gasteiger partial charge on any atom is -0.387 e. The van der Waals surface area contributed by atoms with Crippen molar-refractivity contribution in [3.63, 3.8) is 0 Å². The van der Waals surface area contributed by atoms with E-state index in [4.69, 9.17) is 0 Å². The lowest BCUT2D eigenvalue weighted by Crippen LogP contribution is -2.31. The van der Waals surface area contributed by atoms with Crippen LogP contribution in [-0.4, -0.2) is 31.1 Å². The molecule has 2 nitrogen and oxygen atoms in total. The number of nitrogens with zero attached hydrogens (tertiary/aromatic N) is 1. The van der Waals surface area contributed by atoms with Crippen LogP contribution in [-0.2, 0) is 0 Å². The van der Waals surface area contributed by atoms with Gasteiger partial charge in [-0.15, -0.1) is 0 Å². The van der Waals surface area contributed by atoms with Crippen LogP contribution in [0.25, 0.3) is 0 Å². The Labute approximate surface area is 83.0 Å². The van der Waals surface area contributed by atoms with Crippen LogP contribution in [0.3, 0.4) is 0 Å². The number of nitrogens with one attached hydrogen (secondary N) is 1. The highest BCUT2D eigenvalue weighted by Crippen LogP contribution is 1.94. The predicted octanol–water partition coefficient (Wildman–Crippen LogP) is 2.23. The Hall–Kier alpha value is -0.500. The van der Waals surface area contributed by atoms with Crippen molar-refractivity contribution in [3.8, 4) is 0 Å². The Morgan fingerprint density at radius 3 is 2.23 bits per heavy atom. The summed E-state index contributed by atoms with van der Waals surface area (Å²) >= 11 is 0. The van der Waals surface area contributed by atoms with Crippen LogP contribution in [0.5, 0.6) is 0 Å². The molecule has 0 aromatic carbocycles. The SMILES string of the molecule is C/C=C(\CC)NCCN(CC)CC. The van der Waals surface area contributed by atoms with E-state index >= 15 is 0 Å². The molecule has 0 aliphatic heterocycles. The molecule has 13 heavy (non-hydrogen) atoms. The second-order valence-corrected chi connectivity index (χ2v) is 3.12. The fourth-order valence-corrected chi connectivity index (χ4v) is 1.35. The van der Waals surface area contributed by atoms with Gasteiger partial charge in [0.1, 0.15) is 0 Å². The lowest BCUT2D eigenvalue weighted by molar-refractivity contribution is 0.305. The first kappa shape index (κ1) is 12.5. The van der Waals surface area contributed by atoms with E-state index in [9.17, 15) is 0 Å². The lowest BCUT2D eigenvalue weighted by Gasteiger charge is -2.18. The van der Waals surface area contributed by atoms with Gasteiger partial charge < -0.3 is 10.2 Å². The molecule has 0 rings (SSSR count). The Morgan fingerprint density at radius 1 is 1.23 bits per heavy atom. The number of hydrogen-bond acceptors (Lipinski definition) is 2. The van der Waals surface area contributed by atoms with Crippen LogP contribution < -0.4 is 5.32 Å². The third kappa shape index (κ3) is 5.69. The molecular weight excluding hydrogens is 160 g/mol. The summed E-state index contributed by atoms with van der Waals surface area (Å²) in [4.78, 5) is 2.43. The van der Waals surface area contributed by atoms with Crippen molar-refractivity contribution in [1.82, 2.24) is 10.2 Å². The van der Waals surface area contributed by atoms with Gasteiger partial charge in [-0.05, 0) is 26.4 Å². The number of allylic oxidation sites excluding steroid dienone is 2. The van der Waals surface area contributed by atoms with Gasteiger partial charge in [-0.3, -0.25) is 0 Å². The third-order valence-electron chi connectivity index (χ3n) is 2.40. The topological polar surface area (TPSA) is 15.3 Å². The van der Waals surface area contributed by atoms with Crippen molar-refractivity contribution in [2.24, 2.45) is 0 Å². The summed E-state index contributed by atoms with van der Waals surface area (Å²) in [6.07, 6.45) is 3.26. The molecule has 0 radical (unpaired) electrons. The highest BCUT2D eigenvalue weighted by Gasteiger charge is 1.97. The molecule has 0 spiro atoms. The van der Waals surface area contributed by atoms with E-state index in [-0.39, 0.29) is 0 Å². The van der Waals surface area contributed by atoms with E-state index in [2.05, 4.69) is 44.0 Å². The molecule has 0 bridgehead atoms. The van der Waals surface area contributed by atoms with Gasteiger partial charge >= 0.3 is 0 Å². The van der Waals surface area contributed by atoms with Gasteiger partial charge in [-0.25, -0.2) is 0 Å². The van der Waals surface area contributed by atoms with Gasteiger partial charge in [0.15, 0.2) is 0 Å². The molecule has 0 unspecified atom stereocenters. The second kappa shape index (κ2) is 8.11. The predicted molar refractivity (Wildman–Crippen MR) is 59.8 cm³/mol. The molecule has 78 valence electrons. The molecule has 0 heterocycles. The monoisotopic (exact) mass is 184 g/mol. The first-order chi connectivity index (χ1) is 6.28. The molecule has 0 aromatic rings. The van der Waals surface area contributed by atoms with Crippen molar-refractivity contribution < 1.29 is 0 Å². The molecule has 0 amide bonds. The van der Waals surface area contributed by atoms with Crippen molar-refractivity contribution >= 4 is 0 Å². The molecule has 0 saturated carbocycles. The minimum atomic E-state index is 1.06. The fraction of sp³-hybridized carbons (Fsp3) is 0.818. The summed E-state index contributed by atoms with van der Waals surface area (Å²) in [7, 11) is 0. The van der Waals surface area contributed by atoms with E-state index in [0.717, 1.165) is 32.6 Å². The Kier molecular flexibility index (Phi) is 7.80. The van der Waals surface area contributed by atoms with Crippen molar-refractivity contribution in [1.29, 1.82) is 0 Å². The van der Waals surface area contributed by atoms with E-state index in [1.807, 2.05) is 0 Å². The van der Waals surface area contributed by atoms with E-state index < -0.39 is 0 Å². The third-order valence-corrected chi connectivity index (χ3v) is 2.40. The van der Waals surface area contributed by atoms with E-state index in [1.165, 1.54) is 5.70 Å². The molecule has 0 saturated heterocycles. The molecule has 0 aliphatic carbocycles. The van der Waals surface area contributed by atoms with Crippen LogP contribution in [0.15, 0.2) is 11.8 Å². The summed E-state index contributed by atoms with van der Waals surface area (Å²) in [5.41, 5.74) is 1.35. The van der Waals surface area contributed by atoms with Crippen LogP contribution in [0.1, 0.15) is 34.1 Å². The maximum Gasteiger partial charge on any atom is 0.0271 e. The number of hydrogen-bond donors (Lipinski definition) is 1. The lowest BCUT2D eigenvalue weighted by atomic mass is 10.3. The number of rotatable bonds is 7. The zero-order valence-corrected chi connectivity index (χ0v) is 9.56. The zero-order chi connectivity index (χ0) is 10.1. The smallest absolute Gasteiger partial charge is 0.0271 e. The minimum absolute atomic E-state index is 1.06. The summed E-state index contributed by atoms with van der Waals surface area (Å²) < 4.78 is 0. The molecule has 0 fully saturated rings. The highest BCUT2D eigenvalue weighted by atomic mass is 15.1. The van der Waals surface area contributed by atoms with Gasteiger partial charge in [0.25, 0.3) is 0 Å². The largest absolute Gasteiger partial charge is 0.387 e. The normalized spacial score (nSPS) is 12.2. The van der Waals surface area contributed by atoms with E-state index in [1.54, 1.807) is 0 Å². The van der Waals surface area contributed by atoms with Gasteiger partial charge in [0.2, 0.25) is 0 Å². The molecular formula is C11H24N2. The standard InChI is InChI=1S/C11H24N2/c1-5-11(6-2)12-9-10-13(7-3)8-4/h5,12H,6-10H2,1-4H3/b11-5+. The first-order valence-corrected chi connectivity index (χ1v) is 5.39. The first-order valence-electron chi connectivity index (χ1n) is 5.39. The van der Waals surface area contributed by atoms with Crippen LogP contribution in [0.2, 0.25) is 0 Å². The molecule has 1 N–H and O–H groups in total. The fourth-order valence-electron chi connectivity index (χ4n) is 1.35. The Morgan fingerprint density at radius 2 is 1.85 bits per heavy atom. The van der Waals surface area contributed by atoms with Crippen molar-refractivity contribution in [2.45, 2.75) is 34.1 Å². The van der Waals surface area contributed by atoms with Gasteiger partial charge in [0, 0.05) is 18.8 Å². The summed E-state index contributed by atoms with van der Waals surface area (Å²) in [5, 5.41) is 3.44. The van der Waals surface area contributed by atoms with Crippen molar-refractivity contribution in [3.05, 3.63) is 11.8 Å². The summed E-state index contributed by atoms with van der Waals surface area (Å²) in [5.74, 6) is 0. The molecule has 0 aliphatic rings. The number of likely N-dealkylation sites (N-methyl/N-ethyl adjacent to an activating group) is 1. The van der Waals surface area contributed by atoms with Gasteiger partial charge in [0.05, 0.1) is 0 Å². The quantitative estimate of drug-likeness (QED) is 0.653. The maximum atomic E-state index is 3.44. The summed E-state index contributed by atoms with van der Waals surface area (Å²) in [6, 6.07) is 0. The molecule has 0 atom stereocenters. The summed E-state index contributed by atoms with van der Waals surface area (Å²) in [6.45, 7) is 13.2.